The van der Waals surface area contributed by atoms with Gasteiger partial charge >= 0.3 is 0 Å². The van der Waals surface area contributed by atoms with Gasteiger partial charge in [0.05, 0.1) is 11.0 Å². The molecule has 2 heteroatoms. The number of aromatic nitrogens is 1. The fourth-order valence-electron chi connectivity index (χ4n) is 6.63. The molecule has 0 unspecified atom stereocenters. The first-order valence-corrected chi connectivity index (χ1v) is 14.5. The third-order valence-electron chi connectivity index (χ3n) is 8.37. The molecule has 0 aliphatic heterocycles. The van der Waals surface area contributed by atoms with E-state index in [0.717, 1.165) is 0 Å². The first-order chi connectivity index (χ1) is 19.9. The summed E-state index contributed by atoms with van der Waals surface area (Å²) in [6, 6.07) is 50.9. The number of hydrogen-bond acceptors (Lipinski definition) is 1. The van der Waals surface area contributed by atoms with Crippen molar-refractivity contribution in [3.05, 3.63) is 140 Å². The van der Waals surface area contributed by atoms with Crippen LogP contribution in [0.1, 0.15) is 0 Å². The van der Waals surface area contributed by atoms with E-state index >= 15 is 0 Å². The van der Waals surface area contributed by atoms with Gasteiger partial charge in [0, 0.05) is 42.0 Å². The monoisotopic (exact) mass is 525 g/mol. The average molecular weight is 526 g/mol. The molecule has 7 aromatic carbocycles. The number of rotatable bonds is 2. The first kappa shape index (κ1) is 22.0. The highest BCUT2D eigenvalue weighted by atomic mass is 32.1. The summed E-state index contributed by atoms with van der Waals surface area (Å²) in [4.78, 5) is 0. The van der Waals surface area contributed by atoms with Crippen molar-refractivity contribution in [2.24, 2.45) is 0 Å². The fourth-order valence-corrected chi connectivity index (χ4v) is 7.90. The van der Waals surface area contributed by atoms with Crippen molar-refractivity contribution in [3.8, 4) is 16.8 Å². The van der Waals surface area contributed by atoms with Crippen LogP contribution in [0.3, 0.4) is 0 Å². The molecule has 40 heavy (non-hydrogen) atoms. The number of nitrogens with zero attached hydrogens (tertiary/aromatic N) is 1. The maximum absolute atomic E-state index is 2.50. The number of fused-ring (bicyclic) bond motifs is 12. The molecule has 1 nitrogen and oxygen atoms in total. The first-order valence-electron chi connectivity index (χ1n) is 13.7. The lowest BCUT2D eigenvalue weighted by atomic mass is 9.98. The highest BCUT2D eigenvalue weighted by molar-refractivity contribution is 7.27. The minimum atomic E-state index is 1.18. The molecular weight excluding hydrogens is 502 g/mol. The van der Waals surface area contributed by atoms with E-state index in [4.69, 9.17) is 0 Å². The molecule has 0 bridgehead atoms. The zero-order valence-electron chi connectivity index (χ0n) is 21.6. The van der Waals surface area contributed by atoms with E-state index in [0.29, 0.717) is 0 Å². The van der Waals surface area contributed by atoms with Crippen LogP contribution in [-0.4, -0.2) is 4.57 Å². The molecule has 0 radical (unpaired) electrons. The van der Waals surface area contributed by atoms with E-state index in [-0.39, 0.29) is 0 Å². The molecule has 186 valence electrons. The molecule has 0 amide bonds. The Labute approximate surface area is 235 Å². The molecule has 0 atom stereocenters. The van der Waals surface area contributed by atoms with Crippen LogP contribution < -0.4 is 0 Å². The van der Waals surface area contributed by atoms with Crippen molar-refractivity contribution in [1.29, 1.82) is 0 Å². The topological polar surface area (TPSA) is 4.93 Å². The van der Waals surface area contributed by atoms with Gasteiger partial charge in [-0.3, -0.25) is 0 Å². The summed E-state index contributed by atoms with van der Waals surface area (Å²) in [5.74, 6) is 0. The zero-order valence-corrected chi connectivity index (χ0v) is 22.5. The quantitative estimate of drug-likeness (QED) is 0.211. The van der Waals surface area contributed by atoms with Crippen LogP contribution in [0.15, 0.2) is 140 Å². The lowest BCUT2D eigenvalue weighted by Crippen LogP contribution is -1.95. The summed E-state index contributed by atoms with van der Waals surface area (Å²) in [6.07, 6.45) is 0. The second-order valence-corrected chi connectivity index (χ2v) is 11.6. The molecule has 9 aromatic rings. The van der Waals surface area contributed by atoms with Gasteiger partial charge in [-0.2, -0.15) is 0 Å². The van der Waals surface area contributed by atoms with E-state index in [1.165, 1.54) is 80.3 Å². The Balaban J connectivity index is 1.51. The fraction of sp³-hybridized carbons (Fsp3) is 0. The number of benzene rings is 7. The van der Waals surface area contributed by atoms with Crippen LogP contribution in [0.2, 0.25) is 0 Å². The standard InChI is InChI=1S/C38H23NS/c1-2-10-24(11-3-1)25-18-21-27(22-19-25)39-32-23-20-26-12-4-5-13-28(26)35(32)36-37(39)30-15-7-6-14-29(30)34-31-16-8-9-17-33(31)40-38(34)36/h1-23H. The van der Waals surface area contributed by atoms with Gasteiger partial charge in [-0.15, -0.1) is 11.3 Å². The Bertz CT molecular complexity index is 2410. The SMILES string of the molecule is c1ccc(-c2ccc(-n3c4ccc5ccccc5c4c4c5sc6ccccc6c5c5ccccc5c43)cc2)cc1. The highest BCUT2D eigenvalue weighted by Crippen LogP contribution is 2.49. The van der Waals surface area contributed by atoms with Gasteiger partial charge in [-0.05, 0) is 51.6 Å². The van der Waals surface area contributed by atoms with Gasteiger partial charge < -0.3 is 4.57 Å². The Morgan fingerprint density at radius 3 is 1.90 bits per heavy atom. The zero-order chi connectivity index (χ0) is 26.2. The Morgan fingerprint density at radius 1 is 0.425 bits per heavy atom. The van der Waals surface area contributed by atoms with Crippen molar-refractivity contribution >= 4 is 74.9 Å². The third kappa shape index (κ3) is 2.97. The maximum atomic E-state index is 2.50. The van der Waals surface area contributed by atoms with Crippen molar-refractivity contribution in [2.45, 2.75) is 0 Å². The second kappa shape index (κ2) is 8.29. The van der Waals surface area contributed by atoms with Gasteiger partial charge in [0.15, 0.2) is 0 Å². The molecule has 9 rings (SSSR count). The molecule has 2 heterocycles. The van der Waals surface area contributed by atoms with Crippen molar-refractivity contribution in [1.82, 2.24) is 4.57 Å². The van der Waals surface area contributed by atoms with E-state index in [1.807, 2.05) is 11.3 Å². The van der Waals surface area contributed by atoms with E-state index in [2.05, 4.69) is 144 Å². The largest absolute Gasteiger partial charge is 0.309 e. The average Bonchev–Trinajstić information content (AvgIpc) is 3.59. The highest BCUT2D eigenvalue weighted by Gasteiger charge is 2.22. The predicted octanol–water partition coefficient (Wildman–Crippen LogP) is 11.1. The molecule has 0 saturated heterocycles. The Kier molecular flexibility index (Phi) is 4.55. The predicted molar refractivity (Wildman–Crippen MR) is 174 cm³/mol. The minimum Gasteiger partial charge on any atom is -0.309 e. The summed E-state index contributed by atoms with van der Waals surface area (Å²) in [5.41, 5.74) is 6.18. The van der Waals surface area contributed by atoms with Crippen LogP contribution in [0.5, 0.6) is 0 Å². The molecular formula is C38H23NS. The summed E-state index contributed by atoms with van der Waals surface area (Å²) in [5, 5.41) is 10.6. The molecule has 0 spiro atoms. The summed E-state index contributed by atoms with van der Waals surface area (Å²) in [7, 11) is 0. The number of thiophene rings is 1. The molecule has 2 aromatic heterocycles. The van der Waals surface area contributed by atoms with Gasteiger partial charge in [-0.25, -0.2) is 0 Å². The van der Waals surface area contributed by atoms with E-state index in [9.17, 15) is 0 Å². The lowest BCUT2D eigenvalue weighted by Gasteiger charge is -2.12. The Hall–Kier alpha value is -4.92. The molecule has 0 aliphatic rings. The molecule has 0 fully saturated rings. The molecule has 0 saturated carbocycles. The summed E-state index contributed by atoms with van der Waals surface area (Å²) in [6.45, 7) is 0. The van der Waals surface area contributed by atoms with Crippen molar-refractivity contribution in [2.75, 3.05) is 0 Å². The van der Waals surface area contributed by atoms with Gasteiger partial charge in [0.25, 0.3) is 0 Å². The second-order valence-electron chi connectivity index (χ2n) is 10.5. The maximum Gasteiger partial charge on any atom is 0.0634 e. The van der Waals surface area contributed by atoms with E-state index in [1.54, 1.807) is 0 Å². The van der Waals surface area contributed by atoms with Crippen LogP contribution >= 0.6 is 11.3 Å². The van der Waals surface area contributed by atoms with Crippen LogP contribution in [0.25, 0.3) is 80.3 Å². The molecule has 0 N–H and O–H groups in total. The lowest BCUT2D eigenvalue weighted by molar-refractivity contribution is 1.19. The summed E-state index contributed by atoms with van der Waals surface area (Å²) < 4.78 is 5.21. The van der Waals surface area contributed by atoms with Gasteiger partial charge in [-0.1, -0.05) is 115 Å². The van der Waals surface area contributed by atoms with Gasteiger partial charge in [0.2, 0.25) is 0 Å². The molecule has 0 aliphatic carbocycles. The minimum absolute atomic E-state index is 1.18. The normalized spacial score (nSPS) is 12.0. The van der Waals surface area contributed by atoms with Crippen LogP contribution in [-0.2, 0) is 0 Å². The van der Waals surface area contributed by atoms with Crippen LogP contribution in [0.4, 0.5) is 0 Å². The smallest absolute Gasteiger partial charge is 0.0634 e. The van der Waals surface area contributed by atoms with E-state index < -0.39 is 0 Å². The van der Waals surface area contributed by atoms with Gasteiger partial charge in [0.1, 0.15) is 0 Å². The number of hydrogen-bond donors (Lipinski definition) is 0. The van der Waals surface area contributed by atoms with Crippen molar-refractivity contribution in [3.63, 3.8) is 0 Å². The van der Waals surface area contributed by atoms with Crippen LogP contribution in [0, 0.1) is 0 Å². The third-order valence-corrected chi connectivity index (χ3v) is 9.55. The Morgan fingerprint density at radius 2 is 1.07 bits per heavy atom. The summed E-state index contributed by atoms with van der Waals surface area (Å²) >= 11 is 1.92. The van der Waals surface area contributed by atoms with Crippen molar-refractivity contribution < 1.29 is 0 Å².